The average molecular weight is 351 g/mol. The molecule has 2 rings (SSSR count). The molecule has 0 saturated carbocycles. The second-order valence-corrected chi connectivity index (χ2v) is 7.85. The summed E-state index contributed by atoms with van der Waals surface area (Å²) in [6, 6.07) is 8.46. The van der Waals surface area contributed by atoms with Crippen LogP contribution in [0.2, 0.25) is 0 Å². The van der Waals surface area contributed by atoms with Gasteiger partial charge in [0.15, 0.2) is 0 Å². The van der Waals surface area contributed by atoms with Crippen molar-refractivity contribution >= 4 is 27.7 Å². The molecule has 1 heterocycles. The molecule has 1 aromatic carbocycles. The number of benzene rings is 1. The molecule has 0 spiro atoms. The van der Waals surface area contributed by atoms with Crippen LogP contribution in [0.1, 0.15) is 37.7 Å². The van der Waals surface area contributed by atoms with Crippen LogP contribution in [0, 0.1) is 13.8 Å². The molecule has 20 heavy (non-hydrogen) atoms. The van der Waals surface area contributed by atoms with Crippen molar-refractivity contribution in [3.63, 3.8) is 0 Å². The van der Waals surface area contributed by atoms with E-state index in [1.165, 1.54) is 16.0 Å². The quantitative estimate of drug-likeness (QED) is 0.686. The molecule has 2 aromatic rings. The highest BCUT2D eigenvalue weighted by Crippen LogP contribution is 2.32. The van der Waals surface area contributed by atoms with Gasteiger partial charge in [0.2, 0.25) is 0 Å². The van der Waals surface area contributed by atoms with Gasteiger partial charge in [-0.2, -0.15) is 0 Å². The van der Waals surface area contributed by atoms with Crippen molar-refractivity contribution in [2.75, 3.05) is 0 Å². The maximum Gasteiger partial charge on any atom is 0.136 e. The molecule has 0 atom stereocenters. The molecule has 0 N–H and O–H groups in total. The van der Waals surface area contributed by atoms with Crippen LogP contribution in [0.4, 0.5) is 0 Å². The minimum Gasteiger partial charge on any atom is -0.226 e. The number of hydrogen-bond acceptors (Lipinski definition) is 3. The molecule has 1 aromatic heterocycles. The van der Waals surface area contributed by atoms with Crippen LogP contribution in [0.5, 0.6) is 0 Å². The van der Waals surface area contributed by atoms with E-state index in [1.54, 1.807) is 11.8 Å². The summed E-state index contributed by atoms with van der Waals surface area (Å²) in [5.74, 6) is 0.861. The fourth-order valence-electron chi connectivity index (χ4n) is 1.71. The van der Waals surface area contributed by atoms with Gasteiger partial charge >= 0.3 is 0 Å². The number of nitrogens with zero attached hydrogens (tertiary/aromatic N) is 2. The van der Waals surface area contributed by atoms with Crippen LogP contribution in [0.25, 0.3) is 0 Å². The van der Waals surface area contributed by atoms with Crippen molar-refractivity contribution in [2.24, 2.45) is 0 Å². The fourth-order valence-corrected chi connectivity index (χ4v) is 3.25. The first kappa shape index (κ1) is 15.5. The van der Waals surface area contributed by atoms with E-state index in [0.29, 0.717) is 0 Å². The minimum absolute atomic E-state index is 0.0548. The summed E-state index contributed by atoms with van der Waals surface area (Å²) in [5, 5.41) is 0.977. The molecule has 0 aliphatic rings. The van der Waals surface area contributed by atoms with E-state index in [2.05, 4.69) is 73.7 Å². The molecule has 0 radical (unpaired) electrons. The maximum atomic E-state index is 4.69. The summed E-state index contributed by atoms with van der Waals surface area (Å²) < 4.78 is 0.838. The first-order valence-corrected chi connectivity index (χ1v) is 8.17. The van der Waals surface area contributed by atoms with Gasteiger partial charge in [-0.25, -0.2) is 9.97 Å². The smallest absolute Gasteiger partial charge is 0.136 e. The number of aryl methyl sites for hydroxylation is 2. The van der Waals surface area contributed by atoms with Gasteiger partial charge in [-0.15, -0.1) is 0 Å². The van der Waals surface area contributed by atoms with Gasteiger partial charge in [0.25, 0.3) is 0 Å². The van der Waals surface area contributed by atoms with Gasteiger partial charge in [0.1, 0.15) is 15.5 Å². The average Bonchev–Trinajstić information content (AvgIpc) is 2.32. The predicted octanol–water partition coefficient (Wildman–Crippen LogP) is 5.30. The lowest BCUT2D eigenvalue weighted by Gasteiger charge is -2.17. The Bertz CT molecular complexity index is 633. The molecule has 0 fully saturated rings. The SMILES string of the molecule is Cc1ccc(C)c(Sc2cc(Br)nc(C(C)(C)C)n2)c1. The Kier molecular flexibility index (Phi) is 4.55. The van der Waals surface area contributed by atoms with Crippen LogP contribution < -0.4 is 0 Å². The normalized spacial score (nSPS) is 11.7. The lowest BCUT2D eigenvalue weighted by molar-refractivity contribution is 0.536. The molecule has 0 aliphatic heterocycles. The first-order chi connectivity index (χ1) is 9.25. The van der Waals surface area contributed by atoms with Gasteiger partial charge in [-0.05, 0) is 47.0 Å². The van der Waals surface area contributed by atoms with E-state index < -0.39 is 0 Å². The molecule has 4 heteroatoms. The van der Waals surface area contributed by atoms with E-state index in [1.807, 2.05) is 6.07 Å². The number of aromatic nitrogens is 2. The van der Waals surface area contributed by atoms with Crippen LogP contribution in [-0.4, -0.2) is 9.97 Å². The highest BCUT2D eigenvalue weighted by atomic mass is 79.9. The molecular weight excluding hydrogens is 332 g/mol. The zero-order valence-corrected chi connectivity index (χ0v) is 14.9. The van der Waals surface area contributed by atoms with Crippen LogP contribution in [0.15, 0.2) is 38.8 Å². The Morgan fingerprint density at radius 2 is 1.75 bits per heavy atom. The lowest BCUT2D eigenvalue weighted by atomic mass is 9.96. The van der Waals surface area contributed by atoms with Crippen molar-refractivity contribution in [1.82, 2.24) is 9.97 Å². The van der Waals surface area contributed by atoms with Crippen LogP contribution in [0.3, 0.4) is 0 Å². The summed E-state index contributed by atoms with van der Waals surface area (Å²) in [7, 11) is 0. The van der Waals surface area contributed by atoms with Gasteiger partial charge in [-0.1, -0.05) is 44.7 Å². The van der Waals surface area contributed by atoms with Gasteiger partial charge < -0.3 is 0 Å². The molecule has 0 bridgehead atoms. The lowest BCUT2D eigenvalue weighted by Crippen LogP contribution is -2.16. The van der Waals surface area contributed by atoms with Crippen molar-refractivity contribution < 1.29 is 0 Å². The van der Waals surface area contributed by atoms with Crippen LogP contribution in [-0.2, 0) is 5.41 Å². The van der Waals surface area contributed by atoms with E-state index in [-0.39, 0.29) is 5.41 Å². The Morgan fingerprint density at radius 1 is 1.05 bits per heavy atom. The minimum atomic E-state index is -0.0548. The molecule has 0 saturated heterocycles. The second-order valence-electron chi connectivity index (χ2n) is 5.97. The van der Waals surface area contributed by atoms with E-state index >= 15 is 0 Å². The standard InChI is InChI=1S/C16H19BrN2S/c1-10-6-7-11(2)12(8-10)20-14-9-13(17)18-15(19-14)16(3,4)5/h6-9H,1-5H3. The number of halogens is 1. The summed E-state index contributed by atoms with van der Waals surface area (Å²) >= 11 is 5.18. The highest BCUT2D eigenvalue weighted by Gasteiger charge is 2.19. The molecular formula is C16H19BrN2S. The predicted molar refractivity (Wildman–Crippen MR) is 88.5 cm³/mol. The fraction of sp³-hybridized carbons (Fsp3) is 0.375. The zero-order valence-electron chi connectivity index (χ0n) is 12.5. The summed E-state index contributed by atoms with van der Waals surface area (Å²) in [4.78, 5) is 10.4. The van der Waals surface area contributed by atoms with Crippen molar-refractivity contribution in [2.45, 2.75) is 50.0 Å². The Labute approximate surface area is 133 Å². The van der Waals surface area contributed by atoms with E-state index in [0.717, 1.165) is 15.5 Å². The Hall–Kier alpha value is -0.870. The monoisotopic (exact) mass is 350 g/mol. The van der Waals surface area contributed by atoms with Gasteiger partial charge in [0.05, 0.1) is 0 Å². The van der Waals surface area contributed by atoms with Crippen molar-refractivity contribution in [1.29, 1.82) is 0 Å². The summed E-state index contributed by atoms with van der Waals surface area (Å²) in [5.41, 5.74) is 2.48. The molecule has 2 nitrogen and oxygen atoms in total. The highest BCUT2D eigenvalue weighted by molar-refractivity contribution is 9.10. The molecule has 106 valence electrons. The third-order valence-electron chi connectivity index (χ3n) is 2.90. The topological polar surface area (TPSA) is 25.8 Å². The van der Waals surface area contributed by atoms with Crippen molar-refractivity contribution in [3.05, 3.63) is 45.8 Å². The van der Waals surface area contributed by atoms with Gasteiger partial charge in [0, 0.05) is 16.4 Å². The van der Waals surface area contributed by atoms with E-state index in [9.17, 15) is 0 Å². The molecule has 0 amide bonds. The number of rotatable bonds is 2. The zero-order chi connectivity index (χ0) is 14.9. The molecule has 0 aliphatic carbocycles. The third-order valence-corrected chi connectivity index (χ3v) is 4.38. The summed E-state index contributed by atoms with van der Waals surface area (Å²) in [6.07, 6.45) is 0. The third kappa shape index (κ3) is 3.83. The largest absolute Gasteiger partial charge is 0.226 e. The summed E-state index contributed by atoms with van der Waals surface area (Å²) in [6.45, 7) is 10.6. The first-order valence-electron chi connectivity index (χ1n) is 6.56. The van der Waals surface area contributed by atoms with Crippen LogP contribution >= 0.6 is 27.7 Å². The van der Waals surface area contributed by atoms with Gasteiger partial charge in [-0.3, -0.25) is 0 Å². The second kappa shape index (κ2) is 5.86. The Balaban J connectivity index is 2.39. The maximum absolute atomic E-state index is 4.69. The van der Waals surface area contributed by atoms with Crippen molar-refractivity contribution in [3.8, 4) is 0 Å². The molecule has 0 unspecified atom stereocenters. The Morgan fingerprint density at radius 3 is 2.40 bits per heavy atom. The number of hydrogen-bond donors (Lipinski definition) is 0. The van der Waals surface area contributed by atoms with E-state index in [4.69, 9.17) is 4.98 Å².